The van der Waals surface area contributed by atoms with Crippen molar-refractivity contribution in [3.63, 3.8) is 0 Å². The lowest BCUT2D eigenvalue weighted by molar-refractivity contribution is -0.135. The van der Waals surface area contributed by atoms with Gasteiger partial charge in [0.15, 0.2) is 0 Å². The molecule has 23 heavy (non-hydrogen) atoms. The Hall–Kier alpha value is -1.41. The molecule has 0 bridgehead atoms. The Morgan fingerprint density at radius 2 is 2.04 bits per heavy atom. The van der Waals surface area contributed by atoms with E-state index in [0.717, 1.165) is 16.6 Å². The Labute approximate surface area is 146 Å². The number of piperidine rings is 1. The summed E-state index contributed by atoms with van der Waals surface area (Å²) in [6.07, 6.45) is 3.20. The van der Waals surface area contributed by atoms with Crippen molar-refractivity contribution >= 4 is 45.1 Å². The Balaban J connectivity index is 1.45. The molecule has 2 fully saturated rings. The van der Waals surface area contributed by atoms with Gasteiger partial charge in [0.05, 0.1) is 3.79 Å². The van der Waals surface area contributed by atoms with Gasteiger partial charge in [-0.2, -0.15) is 0 Å². The molecule has 1 aromatic rings. The van der Waals surface area contributed by atoms with Crippen LogP contribution < -0.4 is 10.6 Å². The molecule has 4 amide bonds. The molecule has 0 aromatic carbocycles. The largest absolute Gasteiger partial charge is 0.342 e. The standard InChI is InChI=1S/C15H18BrN3O3S/c16-11-5-4-10(23-11)2-1-3-12(20)19-8-6-15(7-9-19)13(21)17-14(22)18-15/h4-5H,1-3,6-9H2,(H2,17,18,21,22). The average Bonchev–Trinajstić information content (AvgIpc) is 3.03. The van der Waals surface area contributed by atoms with Crippen LogP contribution >= 0.6 is 27.3 Å². The van der Waals surface area contributed by atoms with E-state index in [2.05, 4.69) is 32.6 Å². The number of thiophene rings is 1. The molecule has 3 rings (SSSR count). The lowest BCUT2D eigenvalue weighted by Crippen LogP contribution is -2.55. The highest BCUT2D eigenvalue weighted by Crippen LogP contribution is 2.26. The van der Waals surface area contributed by atoms with Crippen molar-refractivity contribution in [3.8, 4) is 0 Å². The lowest BCUT2D eigenvalue weighted by atomic mass is 9.87. The predicted molar refractivity (Wildman–Crippen MR) is 90.2 cm³/mol. The van der Waals surface area contributed by atoms with E-state index in [4.69, 9.17) is 0 Å². The molecule has 0 unspecified atom stereocenters. The van der Waals surface area contributed by atoms with E-state index < -0.39 is 11.6 Å². The second-order valence-corrected chi connectivity index (χ2v) is 8.48. The molecule has 6 nitrogen and oxygen atoms in total. The Kier molecular flexibility index (Phi) is 4.72. The van der Waals surface area contributed by atoms with Crippen LogP contribution in [0.5, 0.6) is 0 Å². The zero-order chi connectivity index (χ0) is 16.4. The Bertz CT molecular complexity index is 638. The van der Waals surface area contributed by atoms with Crippen molar-refractivity contribution in [1.29, 1.82) is 0 Å². The van der Waals surface area contributed by atoms with Crippen LogP contribution in [-0.4, -0.2) is 41.4 Å². The number of amides is 4. The van der Waals surface area contributed by atoms with Crippen molar-refractivity contribution in [2.24, 2.45) is 0 Å². The zero-order valence-corrected chi connectivity index (χ0v) is 15.0. The van der Waals surface area contributed by atoms with Crippen LogP contribution in [0.25, 0.3) is 0 Å². The zero-order valence-electron chi connectivity index (χ0n) is 12.6. The molecule has 8 heteroatoms. The number of carbonyl (C=O) groups excluding carboxylic acids is 3. The van der Waals surface area contributed by atoms with Gasteiger partial charge in [0.25, 0.3) is 5.91 Å². The maximum absolute atomic E-state index is 12.3. The van der Waals surface area contributed by atoms with Gasteiger partial charge in [-0.15, -0.1) is 11.3 Å². The van der Waals surface area contributed by atoms with Crippen molar-refractivity contribution in [2.45, 2.75) is 37.6 Å². The van der Waals surface area contributed by atoms with Crippen molar-refractivity contribution in [3.05, 3.63) is 20.8 Å². The van der Waals surface area contributed by atoms with Gasteiger partial charge in [-0.05, 0) is 53.7 Å². The molecular weight excluding hydrogens is 382 g/mol. The number of hydrogen-bond donors (Lipinski definition) is 2. The third-order valence-corrected chi connectivity index (χ3v) is 6.11. The number of imide groups is 1. The van der Waals surface area contributed by atoms with E-state index in [9.17, 15) is 14.4 Å². The lowest BCUT2D eigenvalue weighted by Gasteiger charge is -2.37. The Morgan fingerprint density at radius 3 is 2.61 bits per heavy atom. The molecule has 0 saturated carbocycles. The minimum atomic E-state index is -0.808. The molecule has 2 aliphatic heterocycles. The normalized spacial score (nSPS) is 19.8. The van der Waals surface area contributed by atoms with Gasteiger partial charge in [0.1, 0.15) is 5.54 Å². The summed E-state index contributed by atoms with van der Waals surface area (Å²) in [7, 11) is 0. The second-order valence-electron chi connectivity index (χ2n) is 5.93. The smallest absolute Gasteiger partial charge is 0.322 e. The number of likely N-dealkylation sites (tertiary alicyclic amines) is 1. The monoisotopic (exact) mass is 399 g/mol. The van der Waals surface area contributed by atoms with Crippen LogP contribution in [0.1, 0.15) is 30.6 Å². The van der Waals surface area contributed by atoms with Crippen LogP contribution in [-0.2, 0) is 16.0 Å². The maximum atomic E-state index is 12.3. The number of hydrogen-bond acceptors (Lipinski definition) is 4. The molecule has 2 saturated heterocycles. The summed E-state index contributed by atoms with van der Waals surface area (Å²) >= 11 is 5.13. The van der Waals surface area contributed by atoms with E-state index in [1.807, 2.05) is 6.07 Å². The first-order valence-corrected chi connectivity index (χ1v) is 9.25. The predicted octanol–water partition coefficient (Wildman–Crippen LogP) is 2.03. The summed E-state index contributed by atoms with van der Waals surface area (Å²) < 4.78 is 1.11. The fourth-order valence-electron chi connectivity index (χ4n) is 3.08. The fourth-order valence-corrected chi connectivity index (χ4v) is 4.60. The van der Waals surface area contributed by atoms with Gasteiger partial charge in [-0.25, -0.2) is 4.79 Å². The van der Waals surface area contributed by atoms with Gasteiger partial charge in [0, 0.05) is 24.4 Å². The SMILES string of the molecule is O=C1NC(=O)C2(CCN(C(=O)CCCc3ccc(Br)s3)CC2)N1. The quantitative estimate of drug-likeness (QED) is 0.760. The summed E-state index contributed by atoms with van der Waals surface area (Å²) in [4.78, 5) is 38.5. The molecule has 2 N–H and O–H groups in total. The number of halogens is 1. The first-order valence-electron chi connectivity index (χ1n) is 7.64. The molecule has 1 aromatic heterocycles. The van der Waals surface area contributed by atoms with Crippen LogP contribution in [0, 0.1) is 0 Å². The molecule has 0 aliphatic carbocycles. The van der Waals surface area contributed by atoms with Crippen molar-refractivity contribution < 1.29 is 14.4 Å². The molecule has 2 aliphatic rings. The number of nitrogens with zero attached hydrogens (tertiary/aromatic N) is 1. The first-order chi connectivity index (χ1) is 11.0. The van der Waals surface area contributed by atoms with E-state index in [-0.39, 0.29) is 11.8 Å². The topological polar surface area (TPSA) is 78.5 Å². The van der Waals surface area contributed by atoms with Crippen LogP contribution in [0.4, 0.5) is 4.79 Å². The maximum Gasteiger partial charge on any atom is 0.322 e. The third kappa shape index (κ3) is 3.58. The van der Waals surface area contributed by atoms with E-state index >= 15 is 0 Å². The van der Waals surface area contributed by atoms with Gasteiger partial charge in [0.2, 0.25) is 5.91 Å². The highest BCUT2D eigenvalue weighted by molar-refractivity contribution is 9.11. The summed E-state index contributed by atoms with van der Waals surface area (Å²) in [5.41, 5.74) is -0.808. The van der Waals surface area contributed by atoms with Crippen molar-refractivity contribution in [1.82, 2.24) is 15.5 Å². The molecule has 0 atom stereocenters. The van der Waals surface area contributed by atoms with Crippen LogP contribution in [0.2, 0.25) is 0 Å². The highest BCUT2D eigenvalue weighted by Gasteiger charge is 2.48. The van der Waals surface area contributed by atoms with Gasteiger partial charge in [-0.3, -0.25) is 14.9 Å². The molecule has 124 valence electrons. The summed E-state index contributed by atoms with van der Waals surface area (Å²) in [5, 5.41) is 4.99. The molecular formula is C15H18BrN3O3S. The number of aryl methyl sites for hydroxylation is 1. The number of rotatable bonds is 4. The first kappa shape index (κ1) is 16.4. The Morgan fingerprint density at radius 1 is 1.30 bits per heavy atom. The number of carbonyl (C=O) groups is 3. The molecule has 3 heterocycles. The van der Waals surface area contributed by atoms with Gasteiger partial charge < -0.3 is 10.2 Å². The summed E-state index contributed by atoms with van der Waals surface area (Å²) in [5.74, 6) is -0.141. The van der Waals surface area contributed by atoms with E-state index in [0.29, 0.717) is 32.4 Å². The van der Waals surface area contributed by atoms with E-state index in [1.54, 1.807) is 16.2 Å². The minimum Gasteiger partial charge on any atom is -0.342 e. The summed E-state index contributed by atoms with van der Waals surface area (Å²) in [6, 6.07) is 3.66. The van der Waals surface area contributed by atoms with E-state index in [1.165, 1.54) is 4.88 Å². The highest BCUT2D eigenvalue weighted by atomic mass is 79.9. The number of urea groups is 1. The fraction of sp³-hybridized carbons (Fsp3) is 0.533. The second kappa shape index (κ2) is 6.60. The number of nitrogens with one attached hydrogen (secondary N) is 2. The van der Waals surface area contributed by atoms with Crippen LogP contribution in [0.3, 0.4) is 0 Å². The van der Waals surface area contributed by atoms with Crippen molar-refractivity contribution in [2.75, 3.05) is 13.1 Å². The third-order valence-electron chi connectivity index (χ3n) is 4.43. The van der Waals surface area contributed by atoms with Gasteiger partial charge >= 0.3 is 6.03 Å². The molecule has 1 spiro atoms. The average molecular weight is 400 g/mol. The minimum absolute atomic E-state index is 0.125. The molecule has 0 radical (unpaired) electrons. The summed E-state index contributed by atoms with van der Waals surface area (Å²) in [6.45, 7) is 1.02. The van der Waals surface area contributed by atoms with Crippen LogP contribution in [0.15, 0.2) is 15.9 Å². The van der Waals surface area contributed by atoms with Gasteiger partial charge in [-0.1, -0.05) is 0 Å².